The fourth-order valence-electron chi connectivity index (χ4n) is 1.40. The van der Waals surface area contributed by atoms with Crippen molar-refractivity contribution >= 4 is 7.60 Å². The van der Waals surface area contributed by atoms with E-state index >= 15 is 0 Å². The third-order valence-corrected chi connectivity index (χ3v) is 3.43. The van der Waals surface area contributed by atoms with Gasteiger partial charge in [0.1, 0.15) is 0 Å². The monoisotopic (exact) mass is 240 g/mol. The van der Waals surface area contributed by atoms with E-state index in [1.54, 1.807) is 0 Å². The van der Waals surface area contributed by atoms with Crippen molar-refractivity contribution in [1.29, 1.82) is 0 Å². The maximum atomic E-state index is 10.5. The summed E-state index contributed by atoms with van der Waals surface area (Å²) in [4.78, 5) is 20.9. The quantitative estimate of drug-likeness (QED) is 0.339. The first-order chi connectivity index (χ1) is 4.61. The van der Waals surface area contributed by atoms with Gasteiger partial charge in [-0.05, 0) is 18.5 Å². The summed E-state index contributed by atoms with van der Waals surface area (Å²) in [6.45, 7) is 0. The second-order valence-electron chi connectivity index (χ2n) is 2.83. The smallest absolute Gasteiger partial charge is 0.811 e. The van der Waals surface area contributed by atoms with Gasteiger partial charge in [-0.25, -0.2) is 0 Å². The Morgan fingerprint density at radius 3 is 1.67 bits per heavy atom. The molecule has 0 N–H and O–H groups in total. The minimum absolute atomic E-state index is 0. The summed E-state index contributed by atoms with van der Waals surface area (Å²) in [6.07, 6.45) is 4.06. The third kappa shape index (κ3) is 6.82. The van der Waals surface area contributed by atoms with Crippen molar-refractivity contribution in [2.45, 2.75) is 37.8 Å². The Balaban J connectivity index is 0. The van der Waals surface area contributed by atoms with Crippen LogP contribution >= 0.6 is 7.60 Å². The summed E-state index contributed by atoms with van der Waals surface area (Å²) in [6, 6.07) is 0. The van der Waals surface area contributed by atoms with Gasteiger partial charge in [-0.2, -0.15) is 0 Å². The summed E-state index contributed by atoms with van der Waals surface area (Å²) in [5, 5.41) is 0. The SMILES string of the molecule is O=P([O-])([O-])C1CCCCC1.[K+].[K+]. The molecule has 0 heterocycles. The normalized spacial score (nSPS) is 19.2. The van der Waals surface area contributed by atoms with E-state index in [1.807, 2.05) is 0 Å². The molecule has 6 heteroatoms. The van der Waals surface area contributed by atoms with Gasteiger partial charge in [0.15, 0.2) is 0 Å². The Hall–Kier alpha value is 3.42. The van der Waals surface area contributed by atoms with Gasteiger partial charge in [-0.3, -0.25) is 0 Å². The van der Waals surface area contributed by atoms with Gasteiger partial charge in [-0.15, -0.1) is 0 Å². The van der Waals surface area contributed by atoms with Gasteiger partial charge in [0.25, 0.3) is 0 Å². The van der Waals surface area contributed by atoms with E-state index in [-0.39, 0.29) is 103 Å². The van der Waals surface area contributed by atoms with Crippen LogP contribution in [0.15, 0.2) is 0 Å². The molecule has 0 aromatic rings. The zero-order chi connectivity index (χ0) is 7.61. The molecule has 1 saturated carbocycles. The average molecular weight is 240 g/mol. The first kappa shape index (κ1) is 17.8. The first-order valence-electron chi connectivity index (χ1n) is 3.62. The molecule has 1 fully saturated rings. The van der Waals surface area contributed by atoms with Crippen LogP contribution in [-0.2, 0) is 4.57 Å². The Bertz CT molecular complexity index is 153. The van der Waals surface area contributed by atoms with E-state index in [2.05, 4.69) is 0 Å². The molecule has 0 radical (unpaired) electrons. The zero-order valence-electron chi connectivity index (χ0n) is 7.78. The number of hydrogen-bond donors (Lipinski definition) is 0. The predicted molar refractivity (Wildman–Crippen MR) is 34.5 cm³/mol. The van der Waals surface area contributed by atoms with Gasteiger partial charge < -0.3 is 14.4 Å². The molecule has 0 saturated heterocycles. The van der Waals surface area contributed by atoms with E-state index < -0.39 is 13.3 Å². The van der Waals surface area contributed by atoms with E-state index in [1.165, 1.54) is 0 Å². The summed E-state index contributed by atoms with van der Waals surface area (Å²) < 4.78 is 10.5. The molecule has 0 bridgehead atoms. The molecule has 60 valence electrons. The Morgan fingerprint density at radius 1 is 1.00 bits per heavy atom. The van der Waals surface area contributed by atoms with E-state index in [0.29, 0.717) is 12.8 Å². The molecule has 1 aliphatic rings. The summed E-state index contributed by atoms with van der Waals surface area (Å²) in [7, 11) is -4.24. The molecule has 0 amide bonds. The molecule has 3 nitrogen and oxygen atoms in total. The fourth-order valence-corrected chi connectivity index (χ4v) is 2.39. The second-order valence-corrected chi connectivity index (χ2v) is 4.64. The maximum Gasteiger partial charge on any atom is 1.00 e. The largest absolute Gasteiger partial charge is 1.00 e. The van der Waals surface area contributed by atoms with Crippen molar-refractivity contribution in [3.05, 3.63) is 0 Å². The van der Waals surface area contributed by atoms with Crippen LogP contribution < -0.4 is 113 Å². The Morgan fingerprint density at radius 2 is 1.42 bits per heavy atom. The molecule has 0 aromatic heterocycles. The minimum Gasteiger partial charge on any atom is -0.811 e. The molecular weight excluding hydrogens is 229 g/mol. The van der Waals surface area contributed by atoms with Crippen LogP contribution in [0.1, 0.15) is 32.1 Å². The van der Waals surface area contributed by atoms with Crippen LogP contribution in [0.5, 0.6) is 0 Å². The zero-order valence-corrected chi connectivity index (χ0v) is 14.9. The van der Waals surface area contributed by atoms with Crippen molar-refractivity contribution < 1.29 is 117 Å². The topological polar surface area (TPSA) is 63.2 Å². The van der Waals surface area contributed by atoms with Crippen LogP contribution in [0.3, 0.4) is 0 Å². The van der Waals surface area contributed by atoms with Crippen LogP contribution in [-0.4, -0.2) is 5.66 Å². The van der Waals surface area contributed by atoms with Crippen molar-refractivity contribution in [1.82, 2.24) is 0 Å². The van der Waals surface area contributed by atoms with E-state index in [4.69, 9.17) is 0 Å². The van der Waals surface area contributed by atoms with Crippen LogP contribution in [0.4, 0.5) is 0 Å². The van der Waals surface area contributed by atoms with Gasteiger partial charge in [-0.1, -0.05) is 26.9 Å². The second kappa shape index (κ2) is 8.56. The average Bonchev–Trinajstić information content (AvgIpc) is 1.88. The summed E-state index contributed by atoms with van der Waals surface area (Å²) >= 11 is 0. The van der Waals surface area contributed by atoms with Crippen LogP contribution in [0.2, 0.25) is 0 Å². The van der Waals surface area contributed by atoms with Gasteiger partial charge in [0.05, 0.1) is 0 Å². The van der Waals surface area contributed by atoms with Crippen molar-refractivity contribution in [2.24, 2.45) is 0 Å². The van der Waals surface area contributed by atoms with Crippen molar-refractivity contribution in [3.8, 4) is 0 Å². The first-order valence-corrected chi connectivity index (χ1v) is 5.23. The molecule has 0 atom stereocenters. The van der Waals surface area contributed by atoms with E-state index in [0.717, 1.165) is 19.3 Å². The van der Waals surface area contributed by atoms with Crippen molar-refractivity contribution in [3.63, 3.8) is 0 Å². The third-order valence-electron chi connectivity index (χ3n) is 2.02. The minimum atomic E-state index is -4.24. The van der Waals surface area contributed by atoms with Gasteiger partial charge in [0, 0.05) is 0 Å². The van der Waals surface area contributed by atoms with Crippen molar-refractivity contribution in [2.75, 3.05) is 0 Å². The van der Waals surface area contributed by atoms with E-state index in [9.17, 15) is 14.4 Å². The molecule has 12 heavy (non-hydrogen) atoms. The Labute approximate surface area is 158 Å². The molecule has 1 rings (SSSR count). The predicted octanol–water partition coefficient (Wildman–Crippen LogP) is -5.76. The fraction of sp³-hybridized carbons (Fsp3) is 1.00. The molecule has 0 aliphatic heterocycles. The molecular formula is C6H11K2O3P. The van der Waals surface area contributed by atoms with Crippen LogP contribution in [0.25, 0.3) is 0 Å². The maximum absolute atomic E-state index is 10.5. The van der Waals surface area contributed by atoms with Gasteiger partial charge >= 0.3 is 103 Å². The standard InChI is InChI=1S/C6H13O3P.2K/c7-10(8,9)6-4-2-1-3-5-6;;/h6H,1-5H2,(H2,7,8,9);;/q;2*+1/p-2. The van der Waals surface area contributed by atoms with Gasteiger partial charge in [0.2, 0.25) is 0 Å². The number of hydrogen-bond acceptors (Lipinski definition) is 3. The van der Waals surface area contributed by atoms with Crippen LogP contribution in [0, 0.1) is 0 Å². The molecule has 0 unspecified atom stereocenters. The number of rotatable bonds is 1. The summed E-state index contributed by atoms with van der Waals surface area (Å²) in [5.41, 5.74) is -0.554. The molecule has 0 spiro atoms. The Kier molecular flexibility index (Phi) is 12.7. The molecule has 1 aliphatic carbocycles. The summed E-state index contributed by atoms with van der Waals surface area (Å²) in [5.74, 6) is 0. The molecule has 0 aromatic carbocycles.